The van der Waals surface area contributed by atoms with Gasteiger partial charge in [-0.1, -0.05) is 54.1 Å². The Balaban J connectivity index is 1.94. The number of nitrogens with zero attached hydrogens (tertiary/aromatic N) is 1. The monoisotopic (exact) mass is 416 g/mol. The lowest BCUT2D eigenvalue weighted by Crippen LogP contribution is -2.36. The Morgan fingerprint density at radius 1 is 1.00 bits per heavy atom. The fraction of sp³-hybridized carbons (Fsp3) is 0.409. The number of aliphatic imine (C=N–C) groups is 1. The molecule has 29 heavy (non-hydrogen) atoms. The molecule has 0 aromatic heterocycles. The zero-order valence-corrected chi connectivity index (χ0v) is 18.5. The SMILES string of the molecule is CCNC(=NCc1cccc(C)c1)NCc1ccc(CS(=O)(=O)NC(C)C)cc1. The van der Waals surface area contributed by atoms with Crippen molar-refractivity contribution in [3.05, 3.63) is 70.8 Å². The van der Waals surface area contributed by atoms with Crippen LogP contribution in [0.1, 0.15) is 43.0 Å². The molecule has 0 aliphatic rings. The Morgan fingerprint density at radius 2 is 1.69 bits per heavy atom. The van der Waals surface area contributed by atoms with Crippen LogP contribution in [0.25, 0.3) is 0 Å². The van der Waals surface area contributed by atoms with E-state index in [1.807, 2.05) is 51.1 Å². The maximum atomic E-state index is 12.0. The van der Waals surface area contributed by atoms with Crippen LogP contribution in [-0.2, 0) is 28.9 Å². The zero-order chi connectivity index (χ0) is 21.3. The second kappa shape index (κ2) is 11.0. The smallest absolute Gasteiger partial charge is 0.216 e. The molecule has 2 aromatic rings. The van der Waals surface area contributed by atoms with Crippen LogP contribution in [0.3, 0.4) is 0 Å². The molecule has 2 rings (SSSR count). The molecule has 6 nitrogen and oxygen atoms in total. The Morgan fingerprint density at radius 3 is 2.31 bits per heavy atom. The van der Waals surface area contributed by atoms with Gasteiger partial charge >= 0.3 is 0 Å². The summed E-state index contributed by atoms with van der Waals surface area (Å²) in [7, 11) is -3.31. The molecule has 0 spiro atoms. The van der Waals surface area contributed by atoms with Crippen molar-refractivity contribution >= 4 is 16.0 Å². The van der Waals surface area contributed by atoms with Gasteiger partial charge in [0.1, 0.15) is 0 Å². The summed E-state index contributed by atoms with van der Waals surface area (Å²) in [6.07, 6.45) is 0. The van der Waals surface area contributed by atoms with E-state index in [1.165, 1.54) is 11.1 Å². The van der Waals surface area contributed by atoms with E-state index in [0.717, 1.165) is 23.6 Å². The summed E-state index contributed by atoms with van der Waals surface area (Å²) in [5.41, 5.74) is 4.22. The van der Waals surface area contributed by atoms with Gasteiger partial charge in [0.2, 0.25) is 10.0 Å². The maximum absolute atomic E-state index is 12.0. The largest absolute Gasteiger partial charge is 0.357 e. The highest BCUT2D eigenvalue weighted by Gasteiger charge is 2.12. The van der Waals surface area contributed by atoms with Gasteiger partial charge in [0.05, 0.1) is 12.3 Å². The summed E-state index contributed by atoms with van der Waals surface area (Å²) in [6, 6.07) is 15.8. The lowest BCUT2D eigenvalue weighted by atomic mass is 10.1. The molecule has 0 saturated heterocycles. The van der Waals surface area contributed by atoms with E-state index < -0.39 is 10.0 Å². The van der Waals surface area contributed by atoms with Gasteiger partial charge in [-0.05, 0) is 44.4 Å². The van der Waals surface area contributed by atoms with Crippen molar-refractivity contribution in [1.82, 2.24) is 15.4 Å². The van der Waals surface area contributed by atoms with Crippen LogP contribution < -0.4 is 15.4 Å². The molecule has 3 N–H and O–H groups in total. The van der Waals surface area contributed by atoms with Crippen LogP contribution in [0.2, 0.25) is 0 Å². The van der Waals surface area contributed by atoms with E-state index in [9.17, 15) is 8.42 Å². The summed E-state index contributed by atoms with van der Waals surface area (Å²) in [6.45, 7) is 9.73. The third-order valence-corrected chi connectivity index (χ3v) is 5.65. The highest BCUT2D eigenvalue weighted by molar-refractivity contribution is 7.88. The summed E-state index contributed by atoms with van der Waals surface area (Å²) < 4.78 is 26.7. The number of aryl methyl sites for hydroxylation is 1. The van der Waals surface area contributed by atoms with Crippen molar-refractivity contribution in [2.24, 2.45) is 4.99 Å². The number of benzene rings is 2. The van der Waals surface area contributed by atoms with Gasteiger partial charge in [-0.3, -0.25) is 0 Å². The first kappa shape index (κ1) is 22.9. The molecule has 0 aliphatic carbocycles. The van der Waals surface area contributed by atoms with E-state index in [0.29, 0.717) is 13.1 Å². The third kappa shape index (κ3) is 8.66. The van der Waals surface area contributed by atoms with Crippen LogP contribution in [0.4, 0.5) is 0 Å². The first-order valence-corrected chi connectivity index (χ1v) is 11.6. The van der Waals surface area contributed by atoms with Crippen molar-refractivity contribution < 1.29 is 8.42 Å². The molecule has 7 heteroatoms. The lowest BCUT2D eigenvalue weighted by Gasteiger charge is -2.12. The molecule has 0 atom stereocenters. The van der Waals surface area contributed by atoms with Crippen molar-refractivity contribution in [1.29, 1.82) is 0 Å². The van der Waals surface area contributed by atoms with E-state index in [4.69, 9.17) is 0 Å². The van der Waals surface area contributed by atoms with Gasteiger partial charge in [-0.25, -0.2) is 18.1 Å². The second-order valence-electron chi connectivity index (χ2n) is 7.39. The molecule has 0 bridgehead atoms. The van der Waals surface area contributed by atoms with E-state index in [2.05, 4.69) is 45.5 Å². The predicted octanol–water partition coefficient (Wildman–Crippen LogP) is 3.08. The molecule has 0 saturated carbocycles. The molecular formula is C22H32N4O2S. The predicted molar refractivity (Wildman–Crippen MR) is 120 cm³/mol. The summed E-state index contributed by atoms with van der Waals surface area (Å²) in [5.74, 6) is 0.737. The van der Waals surface area contributed by atoms with Crippen molar-refractivity contribution in [2.45, 2.75) is 52.6 Å². The molecule has 0 unspecified atom stereocenters. The van der Waals surface area contributed by atoms with Crippen LogP contribution in [0.5, 0.6) is 0 Å². The average molecular weight is 417 g/mol. The number of rotatable bonds is 9. The minimum Gasteiger partial charge on any atom is -0.357 e. The fourth-order valence-electron chi connectivity index (χ4n) is 2.88. The molecule has 2 aromatic carbocycles. The molecule has 0 fully saturated rings. The van der Waals surface area contributed by atoms with Gasteiger partial charge < -0.3 is 10.6 Å². The number of hydrogen-bond donors (Lipinski definition) is 3. The summed E-state index contributed by atoms with van der Waals surface area (Å²) in [4.78, 5) is 4.64. The van der Waals surface area contributed by atoms with E-state index in [1.54, 1.807) is 0 Å². The number of guanidine groups is 1. The van der Waals surface area contributed by atoms with Crippen molar-refractivity contribution in [3.63, 3.8) is 0 Å². The molecular weight excluding hydrogens is 384 g/mol. The number of hydrogen-bond acceptors (Lipinski definition) is 3. The minimum atomic E-state index is -3.31. The maximum Gasteiger partial charge on any atom is 0.216 e. The number of nitrogens with one attached hydrogen (secondary N) is 3. The standard InChI is InChI=1S/C22H32N4O2S/c1-5-23-22(25-15-21-8-6-7-18(4)13-21)24-14-19-9-11-20(12-10-19)16-29(27,28)26-17(2)3/h6-13,17,26H,5,14-16H2,1-4H3,(H2,23,24,25). The molecule has 0 aliphatic heterocycles. The summed E-state index contributed by atoms with van der Waals surface area (Å²) >= 11 is 0. The average Bonchev–Trinajstić information content (AvgIpc) is 2.64. The summed E-state index contributed by atoms with van der Waals surface area (Å²) in [5, 5.41) is 6.57. The van der Waals surface area contributed by atoms with Gasteiger partial charge in [-0.2, -0.15) is 0 Å². The van der Waals surface area contributed by atoms with E-state index >= 15 is 0 Å². The van der Waals surface area contributed by atoms with E-state index in [-0.39, 0.29) is 11.8 Å². The topological polar surface area (TPSA) is 82.6 Å². The third-order valence-electron chi connectivity index (χ3n) is 4.10. The first-order valence-electron chi connectivity index (χ1n) is 9.93. The van der Waals surface area contributed by atoms with Crippen LogP contribution >= 0.6 is 0 Å². The normalized spacial score (nSPS) is 12.2. The van der Waals surface area contributed by atoms with Gasteiger partial charge in [0, 0.05) is 19.1 Å². The lowest BCUT2D eigenvalue weighted by molar-refractivity contribution is 0.569. The van der Waals surface area contributed by atoms with Gasteiger partial charge in [0.15, 0.2) is 5.96 Å². The van der Waals surface area contributed by atoms with Crippen molar-refractivity contribution in [2.75, 3.05) is 6.54 Å². The Bertz CT molecular complexity index is 907. The van der Waals surface area contributed by atoms with Crippen LogP contribution in [0.15, 0.2) is 53.5 Å². The Hall–Kier alpha value is -2.38. The molecule has 0 amide bonds. The highest BCUT2D eigenvalue weighted by atomic mass is 32.2. The van der Waals surface area contributed by atoms with Gasteiger partial charge in [-0.15, -0.1) is 0 Å². The quantitative estimate of drug-likeness (QED) is 0.433. The van der Waals surface area contributed by atoms with Crippen LogP contribution in [0, 0.1) is 6.92 Å². The van der Waals surface area contributed by atoms with Gasteiger partial charge in [0.25, 0.3) is 0 Å². The Labute approximate surface area is 174 Å². The van der Waals surface area contributed by atoms with Crippen LogP contribution in [-0.4, -0.2) is 27.0 Å². The zero-order valence-electron chi connectivity index (χ0n) is 17.7. The minimum absolute atomic E-state index is 0.0144. The van der Waals surface area contributed by atoms with Crippen molar-refractivity contribution in [3.8, 4) is 0 Å². The highest BCUT2D eigenvalue weighted by Crippen LogP contribution is 2.09. The molecule has 0 heterocycles. The second-order valence-corrected chi connectivity index (χ2v) is 9.14. The first-order chi connectivity index (χ1) is 13.8. The fourth-order valence-corrected chi connectivity index (χ4v) is 4.31. The Kier molecular flexibility index (Phi) is 8.67. The number of sulfonamides is 1. The molecule has 158 valence electrons. The molecule has 0 radical (unpaired) electrons.